The molecular weight excluding hydrogens is 366 g/mol. The highest BCUT2D eigenvalue weighted by Crippen LogP contribution is 2.43. The predicted octanol–water partition coefficient (Wildman–Crippen LogP) is 2.57. The van der Waals surface area contributed by atoms with Crippen molar-refractivity contribution in [2.24, 2.45) is 0 Å². The van der Waals surface area contributed by atoms with Gasteiger partial charge in [0, 0.05) is 19.5 Å². The number of amides is 3. The molecule has 2 aromatic rings. The topological polar surface area (TPSA) is 60.9 Å². The van der Waals surface area contributed by atoms with Crippen LogP contribution in [0.2, 0.25) is 0 Å². The van der Waals surface area contributed by atoms with Crippen LogP contribution >= 0.6 is 0 Å². The molecule has 148 valence electrons. The van der Waals surface area contributed by atoms with Crippen molar-refractivity contribution in [3.8, 4) is 0 Å². The van der Waals surface area contributed by atoms with Crippen molar-refractivity contribution in [1.29, 1.82) is 0 Å². The molecule has 3 amide bonds. The summed E-state index contributed by atoms with van der Waals surface area (Å²) < 4.78 is 0. The maximum absolute atomic E-state index is 13.3. The van der Waals surface area contributed by atoms with Gasteiger partial charge in [0.25, 0.3) is 5.91 Å². The summed E-state index contributed by atoms with van der Waals surface area (Å²) in [5.41, 5.74) is 2.77. The Bertz CT molecular complexity index is 1030. The molecule has 0 aliphatic carbocycles. The van der Waals surface area contributed by atoms with Crippen LogP contribution in [-0.2, 0) is 22.6 Å². The van der Waals surface area contributed by atoms with Crippen molar-refractivity contribution in [3.05, 3.63) is 65.2 Å². The van der Waals surface area contributed by atoms with Gasteiger partial charge in [-0.3, -0.25) is 19.3 Å². The van der Waals surface area contributed by atoms with Gasteiger partial charge in [-0.25, -0.2) is 0 Å². The number of hydrogen-bond donors (Lipinski definition) is 0. The molecule has 3 aliphatic heterocycles. The van der Waals surface area contributed by atoms with Crippen LogP contribution in [0.4, 0.5) is 5.69 Å². The van der Waals surface area contributed by atoms with E-state index in [0.717, 1.165) is 12.0 Å². The highest BCUT2D eigenvalue weighted by Gasteiger charge is 2.53. The van der Waals surface area contributed by atoms with Gasteiger partial charge in [0.05, 0.1) is 11.3 Å². The minimum atomic E-state index is -0.800. The van der Waals surface area contributed by atoms with Crippen molar-refractivity contribution in [1.82, 2.24) is 9.80 Å². The summed E-state index contributed by atoms with van der Waals surface area (Å²) in [4.78, 5) is 44.3. The molecule has 1 fully saturated rings. The average Bonchev–Trinajstić information content (AvgIpc) is 3.06. The van der Waals surface area contributed by atoms with E-state index in [4.69, 9.17) is 0 Å². The minimum Gasteiger partial charge on any atom is -0.336 e. The number of carbonyl (C=O) groups is 3. The molecule has 1 saturated heterocycles. The Morgan fingerprint density at radius 3 is 2.55 bits per heavy atom. The van der Waals surface area contributed by atoms with Gasteiger partial charge >= 0.3 is 0 Å². The second-order valence-electron chi connectivity index (χ2n) is 8.19. The molecule has 1 unspecified atom stereocenters. The normalized spacial score (nSPS) is 23.0. The van der Waals surface area contributed by atoms with Gasteiger partial charge in [-0.2, -0.15) is 0 Å². The van der Waals surface area contributed by atoms with Crippen LogP contribution in [0.15, 0.2) is 48.5 Å². The van der Waals surface area contributed by atoms with E-state index < -0.39 is 5.66 Å². The molecule has 6 heteroatoms. The van der Waals surface area contributed by atoms with Gasteiger partial charge in [0.2, 0.25) is 11.8 Å². The zero-order valence-electron chi connectivity index (χ0n) is 16.4. The molecule has 2 aromatic carbocycles. The number of para-hydroxylation sites is 1. The predicted molar refractivity (Wildman–Crippen MR) is 108 cm³/mol. The summed E-state index contributed by atoms with van der Waals surface area (Å²) in [6, 6.07) is 15.3. The van der Waals surface area contributed by atoms with Crippen LogP contribution in [0.5, 0.6) is 0 Å². The fraction of sp³-hybridized carbons (Fsp3) is 0.348. The third-order valence-electron chi connectivity index (χ3n) is 6.52. The first kappa shape index (κ1) is 17.9. The molecule has 0 aromatic heterocycles. The van der Waals surface area contributed by atoms with Crippen molar-refractivity contribution < 1.29 is 14.4 Å². The first-order valence-corrected chi connectivity index (χ1v) is 10.1. The fourth-order valence-electron chi connectivity index (χ4n) is 4.89. The van der Waals surface area contributed by atoms with Crippen LogP contribution in [0.3, 0.4) is 0 Å². The third kappa shape index (κ3) is 2.66. The van der Waals surface area contributed by atoms with E-state index in [2.05, 4.69) is 12.1 Å². The Labute approximate surface area is 169 Å². The van der Waals surface area contributed by atoms with E-state index in [9.17, 15) is 14.4 Å². The zero-order valence-corrected chi connectivity index (χ0v) is 16.4. The third-order valence-corrected chi connectivity index (χ3v) is 6.52. The van der Waals surface area contributed by atoms with E-state index in [1.807, 2.05) is 36.1 Å². The van der Waals surface area contributed by atoms with Crippen LogP contribution in [0.25, 0.3) is 0 Å². The lowest BCUT2D eigenvalue weighted by Crippen LogP contribution is -2.64. The van der Waals surface area contributed by atoms with Crippen molar-refractivity contribution in [2.75, 3.05) is 18.0 Å². The molecule has 0 spiro atoms. The number of carbonyl (C=O) groups excluding carboxylic acids is 3. The van der Waals surface area contributed by atoms with Gasteiger partial charge in [0.1, 0.15) is 12.2 Å². The minimum absolute atomic E-state index is 0.00296. The van der Waals surface area contributed by atoms with Gasteiger partial charge < -0.3 is 9.80 Å². The molecule has 3 aliphatic rings. The first-order valence-electron chi connectivity index (χ1n) is 10.1. The van der Waals surface area contributed by atoms with Gasteiger partial charge in [0.15, 0.2) is 0 Å². The van der Waals surface area contributed by atoms with Crippen molar-refractivity contribution in [3.63, 3.8) is 0 Å². The van der Waals surface area contributed by atoms with Gasteiger partial charge in [-0.05, 0) is 43.0 Å². The second-order valence-corrected chi connectivity index (χ2v) is 8.19. The summed E-state index contributed by atoms with van der Waals surface area (Å²) >= 11 is 0. The van der Waals surface area contributed by atoms with Crippen molar-refractivity contribution >= 4 is 23.4 Å². The highest BCUT2D eigenvalue weighted by molar-refractivity contribution is 6.11. The smallest absolute Gasteiger partial charge is 0.258 e. The number of fused-ring (bicyclic) bond motifs is 4. The van der Waals surface area contributed by atoms with E-state index in [0.29, 0.717) is 37.2 Å². The Morgan fingerprint density at radius 1 is 1.00 bits per heavy atom. The van der Waals surface area contributed by atoms with E-state index in [1.165, 1.54) is 5.56 Å². The summed E-state index contributed by atoms with van der Waals surface area (Å²) in [5.74, 6) is -0.260. The number of hydrogen-bond acceptors (Lipinski definition) is 3. The van der Waals surface area contributed by atoms with Crippen molar-refractivity contribution in [2.45, 2.75) is 38.4 Å². The Morgan fingerprint density at radius 2 is 1.72 bits per heavy atom. The molecule has 1 atom stereocenters. The molecule has 3 heterocycles. The molecule has 0 bridgehead atoms. The summed E-state index contributed by atoms with van der Waals surface area (Å²) in [6.07, 6.45) is 1.72. The highest BCUT2D eigenvalue weighted by atomic mass is 16.2. The fourth-order valence-corrected chi connectivity index (χ4v) is 4.89. The summed E-state index contributed by atoms with van der Waals surface area (Å²) in [6.45, 7) is 3.08. The van der Waals surface area contributed by atoms with E-state index in [1.54, 1.807) is 21.9 Å². The molecule has 0 N–H and O–H groups in total. The van der Waals surface area contributed by atoms with Crippen LogP contribution in [0, 0.1) is 0 Å². The lowest BCUT2D eigenvalue weighted by Gasteiger charge is -2.48. The van der Waals surface area contributed by atoms with Crippen LogP contribution < -0.4 is 4.90 Å². The maximum Gasteiger partial charge on any atom is 0.258 e. The maximum atomic E-state index is 13.3. The summed E-state index contributed by atoms with van der Waals surface area (Å²) in [7, 11) is 0. The zero-order chi connectivity index (χ0) is 20.2. The van der Waals surface area contributed by atoms with Gasteiger partial charge in [-0.1, -0.05) is 36.4 Å². The second kappa shape index (κ2) is 6.44. The Balaban J connectivity index is 1.44. The van der Waals surface area contributed by atoms with Gasteiger partial charge in [-0.15, -0.1) is 0 Å². The number of nitrogens with zero attached hydrogens (tertiary/aromatic N) is 3. The Kier molecular flexibility index (Phi) is 3.98. The molecule has 0 radical (unpaired) electrons. The first-order chi connectivity index (χ1) is 14.0. The molecule has 29 heavy (non-hydrogen) atoms. The SMILES string of the molecule is CC12CCC(=O)N1c1ccccc1C(=O)N2CC(=O)N1CCc2ccccc2C1. The largest absolute Gasteiger partial charge is 0.336 e. The van der Waals surface area contributed by atoms with E-state index in [-0.39, 0.29) is 24.3 Å². The standard InChI is InChI=1S/C23H23N3O3/c1-23-12-10-20(27)26(23)19-9-5-4-8-18(19)22(29)25(23)15-21(28)24-13-11-16-6-2-3-7-17(16)14-24/h2-9H,10-15H2,1H3. The molecular formula is C23H23N3O3. The lowest BCUT2D eigenvalue weighted by atomic mass is 9.97. The molecule has 5 rings (SSSR count). The van der Waals surface area contributed by atoms with E-state index >= 15 is 0 Å². The number of anilines is 1. The monoisotopic (exact) mass is 389 g/mol. The molecule has 6 nitrogen and oxygen atoms in total. The lowest BCUT2D eigenvalue weighted by molar-refractivity contribution is -0.134. The van der Waals surface area contributed by atoms with Crippen LogP contribution in [-0.4, -0.2) is 46.3 Å². The average molecular weight is 389 g/mol. The number of rotatable bonds is 2. The molecule has 0 saturated carbocycles. The Hall–Kier alpha value is -3.15. The quantitative estimate of drug-likeness (QED) is 0.793. The summed E-state index contributed by atoms with van der Waals surface area (Å²) in [5, 5.41) is 0. The number of benzene rings is 2. The van der Waals surface area contributed by atoms with Crippen LogP contribution in [0.1, 0.15) is 41.3 Å².